The average molecular weight is 332 g/mol. The number of hydrogen-bond donors (Lipinski definition) is 1. The number of nitrogens with two attached hydrogens (primary N) is 1. The summed E-state index contributed by atoms with van der Waals surface area (Å²) in [7, 11) is 0. The molecule has 0 saturated heterocycles. The standard InChI is InChI=1S/C16H18BrN3/c1-10-16(12-6-7-14(18)8-12)11(2)20(19-10)15-5-3-4-13(17)9-15/h3-7,9,12,14H,8,18H2,1-2H3/t12-,14-/m1/s1. The number of aryl methyl sites for hydroxylation is 1. The van der Waals surface area contributed by atoms with Crippen molar-refractivity contribution >= 4 is 15.9 Å². The molecule has 1 heterocycles. The van der Waals surface area contributed by atoms with Crippen LogP contribution in [0.4, 0.5) is 0 Å². The average Bonchev–Trinajstić information content (AvgIpc) is 2.93. The molecule has 2 atom stereocenters. The lowest BCUT2D eigenvalue weighted by Crippen LogP contribution is -2.14. The lowest BCUT2D eigenvalue weighted by molar-refractivity contribution is 0.704. The molecule has 1 aliphatic rings. The van der Waals surface area contributed by atoms with E-state index in [-0.39, 0.29) is 6.04 Å². The van der Waals surface area contributed by atoms with E-state index in [0.717, 1.165) is 22.3 Å². The first-order chi connectivity index (χ1) is 9.56. The van der Waals surface area contributed by atoms with Gasteiger partial charge in [-0.3, -0.25) is 0 Å². The molecule has 2 aromatic rings. The summed E-state index contributed by atoms with van der Waals surface area (Å²) in [5.74, 6) is 0.394. The topological polar surface area (TPSA) is 43.8 Å². The van der Waals surface area contributed by atoms with Crippen molar-refractivity contribution in [2.75, 3.05) is 0 Å². The Morgan fingerprint density at radius 1 is 1.30 bits per heavy atom. The van der Waals surface area contributed by atoms with Gasteiger partial charge in [0.25, 0.3) is 0 Å². The van der Waals surface area contributed by atoms with Gasteiger partial charge in [0.05, 0.1) is 11.4 Å². The summed E-state index contributed by atoms with van der Waals surface area (Å²) in [6.07, 6.45) is 5.29. The van der Waals surface area contributed by atoms with Gasteiger partial charge in [-0.2, -0.15) is 5.10 Å². The zero-order valence-corrected chi connectivity index (χ0v) is 13.3. The molecule has 0 unspecified atom stereocenters. The molecule has 0 amide bonds. The van der Waals surface area contributed by atoms with Gasteiger partial charge in [0, 0.05) is 27.7 Å². The largest absolute Gasteiger partial charge is 0.324 e. The third kappa shape index (κ3) is 2.34. The molecule has 4 heteroatoms. The Morgan fingerprint density at radius 2 is 2.10 bits per heavy atom. The van der Waals surface area contributed by atoms with Crippen molar-refractivity contribution in [3.05, 3.63) is 57.8 Å². The van der Waals surface area contributed by atoms with E-state index in [0.29, 0.717) is 5.92 Å². The fraction of sp³-hybridized carbons (Fsp3) is 0.312. The van der Waals surface area contributed by atoms with E-state index in [1.807, 2.05) is 16.8 Å². The zero-order valence-electron chi connectivity index (χ0n) is 11.7. The summed E-state index contributed by atoms with van der Waals surface area (Å²) in [4.78, 5) is 0. The highest BCUT2D eigenvalue weighted by atomic mass is 79.9. The van der Waals surface area contributed by atoms with Gasteiger partial charge >= 0.3 is 0 Å². The molecule has 1 aromatic carbocycles. The monoisotopic (exact) mass is 331 g/mol. The molecular formula is C16H18BrN3. The van der Waals surface area contributed by atoms with Crippen molar-refractivity contribution in [1.29, 1.82) is 0 Å². The first kappa shape index (κ1) is 13.6. The summed E-state index contributed by atoms with van der Waals surface area (Å²) >= 11 is 3.51. The predicted molar refractivity (Wildman–Crippen MR) is 85.2 cm³/mol. The van der Waals surface area contributed by atoms with Crippen LogP contribution in [0.2, 0.25) is 0 Å². The second kappa shape index (κ2) is 5.19. The van der Waals surface area contributed by atoms with E-state index in [1.165, 1.54) is 11.3 Å². The van der Waals surface area contributed by atoms with E-state index < -0.39 is 0 Å². The van der Waals surface area contributed by atoms with E-state index in [1.54, 1.807) is 0 Å². The van der Waals surface area contributed by atoms with Gasteiger partial charge in [-0.05, 0) is 38.5 Å². The fourth-order valence-electron chi connectivity index (χ4n) is 2.99. The van der Waals surface area contributed by atoms with Gasteiger partial charge in [0.15, 0.2) is 0 Å². The quantitative estimate of drug-likeness (QED) is 0.854. The van der Waals surface area contributed by atoms with Crippen LogP contribution < -0.4 is 5.73 Å². The van der Waals surface area contributed by atoms with Crippen molar-refractivity contribution in [3.63, 3.8) is 0 Å². The minimum atomic E-state index is 0.174. The number of rotatable bonds is 2. The van der Waals surface area contributed by atoms with Crippen LogP contribution in [0, 0.1) is 13.8 Å². The minimum Gasteiger partial charge on any atom is -0.324 e. The second-order valence-corrected chi connectivity index (χ2v) is 6.28. The van der Waals surface area contributed by atoms with E-state index in [4.69, 9.17) is 10.8 Å². The summed E-state index contributed by atoms with van der Waals surface area (Å²) in [6, 6.07) is 8.38. The van der Waals surface area contributed by atoms with Crippen molar-refractivity contribution < 1.29 is 0 Å². The lowest BCUT2D eigenvalue weighted by atomic mass is 9.96. The molecule has 3 nitrogen and oxygen atoms in total. The smallest absolute Gasteiger partial charge is 0.0660 e. The Balaban J connectivity index is 2.05. The summed E-state index contributed by atoms with van der Waals surface area (Å²) in [5.41, 5.74) is 10.7. The molecule has 0 bridgehead atoms. The summed E-state index contributed by atoms with van der Waals surface area (Å²) in [6.45, 7) is 4.21. The molecule has 104 valence electrons. The third-order valence-electron chi connectivity index (χ3n) is 3.89. The number of aromatic nitrogens is 2. The Morgan fingerprint density at radius 3 is 2.75 bits per heavy atom. The molecule has 20 heavy (non-hydrogen) atoms. The highest BCUT2D eigenvalue weighted by Crippen LogP contribution is 2.33. The molecular weight excluding hydrogens is 314 g/mol. The number of benzene rings is 1. The van der Waals surface area contributed by atoms with Crippen LogP contribution in [-0.4, -0.2) is 15.8 Å². The fourth-order valence-corrected chi connectivity index (χ4v) is 3.38. The van der Waals surface area contributed by atoms with Crippen molar-refractivity contribution in [2.24, 2.45) is 5.73 Å². The van der Waals surface area contributed by atoms with E-state index >= 15 is 0 Å². The summed E-state index contributed by atoms with van der Waals surface area (Å²) < 4.78 is 3.08. The molecule has 2 N–H and O–H groups in total. The van der Waals surface area contributed by atoms with E-state index in [9.17, 15) is 0 Å². The Bertz CT molecular complexity index is 672. The Hall–Kier alpha value is -1.39. The van der Waals surface area contributed by atoms with E-state index in [2.05, 4.69) is 54.1 Å². The molecule has 0 radical (unpaired) electrons. The highest BCUT2D eigenvalue weighted by molar-refractivity contribution is 9.10. The van der Waals surface area contributed by atoms with Crippen molar-refractivity contribution in [3.8, 4) is 5.69 Å². The second-order valence-electron chi connectivity index (χ2n) is 5.37. The first-order valence-electron chi connectivity index (χ1n) is 6.82. The minimum absolute atomic E-state index is 0.174. The summed E-state index contributed by atoms with van der Waals surface area (Å²) in [5, 5.41) is 4.71. The van der Waals surface area contributed by atoms with Gasteiger partial charge in [-0.15, -0.1) is 0 Å². The first-order valence-corrected chi connectivity index (χ1v) is 7.61. The van der Waals surface area contributed by atoms with Gasteiger partial charge in [0.1, 0.15) is 0 Å². The molecule has 1 aromatic heterocycles. The Kier molecular flexibility index (Phi) is 3.52. The number of halogens is 1. The molecule has 3 rings (SSSR count). The Labute approximate surface area is 127 Å². The highest BCUT2D eigenvalue weighted by Gasteiger charge is 2.24. The number of allylic oxidation sites excluding steroid dienone is 1. The van der Waals surface area contributed by atoms with Crippen molar-refractivity contribution in [2.45, 2.75) is 32.2 Å². The lowest BCUT2D eigenvalue weighted by Gasteiger charge is -2.11. The molecule has 0 aliphatic heterocycles. The normalized spacial score (nSPS) is 21.6. The van der Waals surface area contributed by atoms with Crippen LogP contribution in [0.25, 0.3) is 5.69 Å². The van der Waals surface area contributed by atoms with Crippen LogP contribution in [0.5, 0.6) is 0 Å². The van der Waals surface area contributed by atoms with Crippen LogP contribution in [0.15, 0.2) is 40.9 Å². The van der Waals surface area contributed by atoms with Crippen LogP contribution >= 0.6 is 15.9 Å². The molecule has 1 aliphatic carbocycles. The maximum Gasteiger partial charge on any atom is 0.0660 e. The third-order valence-corrected chi connectivity index (χ3v) is 4.38. The molecule has 0 saturated carbocycles. The van der Waals surface area contributed by atoms with Crippen molar-refractivity contribution in [1.82, 2.24) is 9.78 Å². The molecule has 0 fully saturated rings. The van der Waals surface area contributed by atoms with Crippen LogP contribution in [0.3, 0.4) is 0 Å². The zero-order chi connectivity index (χ0) is 14.3. The van der Waals surface area contributed by atoms with Crippen LogP contribution in [0.1, 0.15) is 29.3 Å². The van der Waals surface area contributed by atoms with Crippen LogP contribution in [-0.2, 0) is 0 Å². The number of hydrogen-bond acceptors (Lipinski definition) is 2. The van der Waals surface area contributed by atoms with Gasteiger partial charge in [-0.25, -0.2) is 4.68 Å². The van der Waals surface area contributed by atoms with Gasteiger partial charge < -0.3 is 5.73 Å². The molecule has 0 spiro atoms. The number of nitrogens with zero attached hydrogens (tertiary/aromatic N) is 2. The SMILES string of the molecule is Cc1nn(-c2cccc(Br)c2)c(C)c1[C@@H]1C=C[C@@H](N)C1. The predicted octanol–water partition coefficient (Wildman–Crippen LogP) is 3.62. The van der Waals surface area contributed by atoms with Gasteiger partial charge in [-0.1, -0.05) is 34.1 Å². The van der Waals surface area contributed by atoms with Gasteiger partial charge in [0.2, 0.25) is 0 Å². The maximum absolute atomic E-state index is 5.98. The maximum atomic E-state index is 5.98.